The molecule has 7 heteroatoms. The minimum atomic E-state index is -4.61. The zero-order valence-corrected chi connectivity index (χ0v) is 5.79. The van der Waals surface area contributed by atoms with Gasteiger partial charge in [0.05, 0.1) is 0 Å². The van der Waals surface area contributed by atoms with Gasteiger partial charge in [0, 0.05) is 0 Å². The summed E-state index contributed by atoms with van der Waals surface area (Å²) in [4.78, 5) is 29.3. The molecule has 0 aliphatic rings. The van der Waals surface area contributed by atoms with Crippen molar-refractivity contribution in [3.05, 3.63) is 0 Å². The van der Waals surface area contributed by atoms with E-state index in [0.29, 0.717) is 0 Å². The maximum atomic E-state index is 7.33. The molecule has 0 fully saturated rings. The van der Waals surface area contributed by atoms with Gasteiger partial charge in [-0.05, 0) is 0 Å². The summed E-state index contributed by atoms with van der Waals surface area (Å²) in [7, 11) is -4.61. The second-order valence-corrected chi connectivity index (χ2v) is 1.80. The van der Waals surface area contributed by atoms with E-state index < -0.39 is 9.05 Å². The average molecular weight is 131 g/mol. The number of rotatable bonds is 0. The summed E-state index contributed by atoms with van der Waals surface area (Å²) >= 11 is 0. The Balaban J connectivity index is -0.0000000800. The Labute approximate surface area is 58.5 Å². The molecule has 0 unspecified atom stereocenters. The normalized spacial score (nSPS) is 8.57. The van der Waals surface area contributed by atoms with E-state index >= 15 is 0 Å². The van der Waals surface area contributed by atoms with Crippen LogP contribution in [0.5, 0.6) is 0 Å². The first-order chi connectivity index (χ1) is 2.00. The van der Waals surface area contributed by atoms with Crippen molar-refractivity contribution in [2.75, 3.05) is 0 Å². The average Bonchev–Trinajstić information content (AvgIpc) is 0.722. The fourth-order valence-corrected chi connectivity index (χ4v) is 0. The molecular formula is H4LiO4Si2+5. The topological polar surface area (TPSA) is 80.9 Å². The van der Waals surface area contributed by atoms with E-state index in [4.69, 9.17) is 19.2 Å². The van der Waals surface area contributed by atoms with Crippen molar-refractivity contribution in [3.63, 3.8) is 0 Å². The van der Waals surface area contributed by atoms with Gasteiger partial charge in [-0.25, -0.2) is 0 Å². The summed E-state index contributed by atoms with van der Waals surface area (Å²) in [6, 6.07) is 0. The molecule has 0 heterocycles. The van der Waals surface area contributed by atoms with Gasteiger partial charge in [-0.2, -0.15) is 0 Å². The van der Waals surface area contributed by atoms with Gasteiger partial charge in [-0.1, -0.05) is 0 Å². The van der Waals surface area contributed by atoms with Gasteiger partial charge in [-0.3, -0.25) is 0 Å². The molecule has 32 valence electrons. The monoisotopic (exact) mass is 131 g/mol. The maximum Gasteiger partial charge on any atom is 4.00 e. The van der Waals surface area contributed by atoms with Gasteiger partial charge >= 0.3 is 38.9 Å². The molecule has 0 aromatic carbocycles. The van der Waals surface area contributed by atoms with Crippen LogP contribution >= 0.6 is 0 Å². The summed E-state index contributed by atoms with van der Waals surface area (Å²) < 4.78 is 0. The van der Waals surface area contributed by atoms with Crippen LogP contribution in [-0.2, 0) is 0 Å². The standard InChI is InChI=1S/Li.H4O4Si.Si/c;1-5(2,3)4;/h;1-4H;/q+1;;+4. The predicted octanol–water partition coefficient (Wildman–Crippen LogP) is -5.99. The first kappa shape index (κ1) is 15.7. The van der Waals surface area contributed by atoms with Gasteiger partial charge < -0.3 is 19.2 Å². The molecule has 4 nitrogen and oxygen atoms in total. The Morgan fingerprint density at radius 1 is 0.857 bits per heavy atom. The second-order valence-electron chi connectivity index (χ2n) is 0.600. The van der Waals surface area contributed by atoms with Crippen LogP contribution in [0.3, 0.4) is 0 Å². The SMILES string of the molecule is O[Si](O)(O)O.[Li+].[Si+4]. The van der Waals surface area contributed by atoms with Gasteiger partial charge in [0.1, 0.15) is 0 Å². The van der Waals surface area contributed by atoms with Gasteiger partial charge in [-0.15, -0.1) is 0 Å². The molecule has 0 aromatic heterocycles. The molecule has 0 aliphatic heterocycles. The van der Waals surface area contributed by atoms with Crippen LogP contribution in [-0.4, -0.2) is 39.2 Å². The second kappa shape index (κ2) is 5.02. The van der Waals surface area contributed by atoms with Gasteiger partial charge in [0.15, 0.2) is 0 Å². The first-order valence-corrected chi connectivity index (χ1v) is 2.68. The molecule has 0 spiro atoms. The van der Waals surface area contributed by atoms with Crippen LogP contribution in [0.2, 0.25) is 0 Å². The third-order valence-electron chi connectivity index (χ3n) is 0. The van der Waals surface area contributed by atoms with Crippen molar-refractivity contribution in [1.82, 2.24) is 0 Å². The summed E-state index contributed by atoms with van der Waals surface area (Å²) in [5.41, 5.74) is 0. The van der Waals surface area contributed by atoms with Crippen molar-refractivity contribution in [2.45, 2.75) is 0 Å². The van der Waals surface area contributed by atoms with E-state index in [9.17, 15) is 0 Å². The number of hydrogen-bond acceptors (Lipinski definition) is 4. The third-order valence-corrected chi connectivity index (χ3v) is 0. The van der Waals surface area contributed by atoms with Gasteiger partial charge in [0.25, 0.3) is 0 Å². The molecule has 0 saturated carbocycles. The van der Waals surface area contributed by atoms with Crippen molar-refractivity contribution in [2.24, 2.45) is 0 Å². The number of hydrogen-bond donors (Lipinski definition) is 4. The summed E-state index contributed by atoms with van der Waals surface area (Å²) in [6.45, 7) is 0. The summed E-state index contributed by atoms with van der Waals surface area (Å²) in [6.07, 6.45) is 0. The fraction of sp³-hybridized carbons (Fsp3) is 0. The van der Waals surface area contributed by atoms with Crippen molar-refractivity contribution < 1.29 is 38.0 Å². The third kappa shape index (κ3) is 215. The summed E-state index contributed by atoms with van der Waals surface area (Å²) in [5, 5.41) is 0. The largest absolute Gasteiger partial charge is 4.00 e. The van der Waals surface area contributed by atoms with Crippen LogP contribution in [0.4, 0.5) is 0 Å². The van der Waals surface area contributed by atoms with Crippen molar-refractivity contribution in [1.29, 1.82) is 0 Å². The Morgan fingerprint density at radius 3 is 0.857 bits per heavy atom. The molecule has 0 bridgehead atoms. The molecule has 0 radical (unpaired) electrons. The first-order valence-electron chi connectivity index (χ1n) is 0.894. The minimum absolute atomic E-state index is 0. The Bertz CT molecular complexity index is 25.2. The Kier molecular flexibility index (Phi) is 11.2. The molecule has 0 aromatic rings. The summed E-state index contributed by atoms with van der Waals surface area (Å²) in [5.74, 6) is 0. The maximum absolute atomic E-state index is 7.33. The van der Waals surface area contributed by atoms with Crippen LogP contribution < -0.4 is 18.9 Å². The minimum Gasteiger partial charge on any atom is -0.368 e. The van der Waals surface area contributed by atoms with Crippen LogP contribution in [0.25, 0.3) is 0 Å². The Hall–Kier alpha value is 0.871. The van der Waals surface area contributed by atoms with Gasteiger partial charge in [0.2, 0.25) is 0 Å². The van der Waals surface area contributed by atoms with E-state index in [1.807, 2.05) is 0 Å². The van der Waals surface area contributed by atoms with Crippen molar-refractivity contribution in [3.8, 4) is 0 Å². The van der Waals surface area contributed by atoms with E-state index in [1.54, 1.807) is 0 Å². The smallest absolute Gasteiger partial charge is 0.368 e. The quantitative estimate of drug-likeness (QED) is 0.247. The fourth-order valence-electron chi connectivity index (χ4n) is 0. The molecular weight excluding hydrogens is 127 g/mol. The predicted molar refractivity (Wildman–Crippen MR) is 20.4 cm³/mol. The molecule has 0 rings (SSSR count). The zero-order chi connectivity index (χ0) is 4.50. The molecule has 7 heavy (non-hydrogen) atoms. The molecule has 0 atom stereocenters. The molecule has 4 N–H and O–H groups in total. The van der Waals surface area contributed by atoms with Crippen LogP contribution in [0.15, 0.2) is 0 Å². The van der Waals surface area contributed by atoms with E-state index in [2.05, 4.69) is 0 Å². The van der Waals surface area contributed by atoms with E-state index in [-0.39, 0.29) is 29.8 Å². The van der Waals surface area contributed by atoms with Crippen molar-refractivity contribution >= 4 is 20.0 Å². The van der Waals surface area contributed by atoms with E-state index in [0.717, 1.165) is 0 Å². The molecule has 0 saturated heterocycles. The van der Waals surface area contributed by atoms with Crippen LogP contribution in [0, 0.1) is 0 Å². The molecule has 0 amide bonds. The van der Waals surface area contributed by atoms with E-state index in [1.165, 1.54) is 0 Å². The van der Waals surface area contributed by atoms with Crippen LogP contribution in [0.1, 0.15) is 0 Å². The zero-order valence-electron chi connectivity index (χ0n) is 3.79. The Morgan fingerprint density at radius 2 is 0.857 bits per heavy atom. The molecule has 0 aliphatic carbocycles.